The van der Waals surface area contributed by atoms with E-state index in [-0.39, 0.29) is 17.8 Å². The summed E-state index contributed by atoms with van der Waals surface area (Å²) in [7, 11) is 1.68. The van der Waals surface area contributed by atoms with Crippen LogP contribution in [0.3, 0.4) is 0 Å². The number of rotatable bonds is 4. The minimum Gasteiger partial charge on any atom is -0.312 e. The normalized spacial score (nSPS) is 13.7. The highest BCUT2D eigenvalue weighted by Gasteiger charge is 2.26. The van der Waals surface area contributed by atoms with Crippen molar-refractivity contribution in [3.63, 3.8) is 0 Å². The van der Waals surface area contributed by atoms with E-state index < -0.39 is 0 Å². The molecule has 0 fully saturated rings. The van der Waals surface area contributed by atoms with Crippen molar-refractivity contribution in [3.05, 3.63) is 92.1 Å². The molecule has 1 aliphatic heterocycles. The summed E-state index contributed by atoms with van der Waals surface area (Å²) in [5, 5.41) is 0. The van der Waals surface area contributed by atoms with Gasteiger partial charge in [0.15, 0.2) is 11.2 Å². The Balaban J connectivity index is 1.61. The summed E-state index contributed by atoms with van der Waals surface area (Å²) >= 11 is 0. The molecule has 1 aliphatic rings. The number of hydrogen-bond acceptors (Lipinski definition) is 4. The number of imidazole rings is 1. The van der Waals surface area contributed by atoms with Crippen LogP contribution in [0.2, 0.25) is 0 Å². The molecule has 0 radical (unpaired) electrons. The third-order valence-electron chi connectivity index (χ3n) is 6.42. The first-order valence-corrected chi connectivity index (χ1v) is 11.2. The zero-order valence-electron chi connectivity index (χ0n) is 19.2. The van der Waals surface area contributed by atoms with Crippen LogP contribution in [-0.2, 0) is 20.1 Å². The first kappa shape index (κ1) is 21.0. The van der Waals surface area contributed by atoms with Crippen LogP contribution >= 0.6 is 0 Å². The molecule has 0 amide bonds. The predicted octanol–water partition coefficient (Wildman–Crippen LogP) is 3.77. The Morgan fingerprint density at radius 3 is 2.55 bits per heavy atom. The Morgan fingerprint density at radius 2 is 1.79 bits per heavy atom. The number of anilines is 2. The van der Waals surface area contributed by atoms with E-state index in [2.05, 4.69) is 36.9 Å². The van der Waals surface area contributed by atoms with Crippen molar-refractivity contribution in [2.75, 3.05) is 11.4 Å². The predicted molar refractivity (Wildman–Crippen MR) is 132 cm³/mol. The van der Waals surface area contributed by atoms with E-state index in [4.69, 9.17) is 4.98 Å². The van der Waals surface area contributed by atoms with Crippen molar-refractivity contribution in [1.82, 2.24) is 18.7 Å². The van der Waals surface area contributed by atoms with Gasteiger partial charge in [-0.05, 0) is 49.1 Å². The highest BCUT2D eigenvalue weighted by Crippen LogP contribution is 2.31. The van der Waals surface area contributed by atoms with Gasteiger partial charge in [-0.3, -0.25) is 13.9 Å². The van der Waals surface area contributed by atoms with Crippen LogP contribution in [0.1, 0.15) is 23.1 Å². The Hall–Kier alpha value is -3.87. The lowest BCUT2D eigenvalue weighted by molar-refractivity contribution is 0.598. The second kappa shape index (κ2) is 8.24. The molecule has 3 heterocycles. The van der Waals surface area contributed by atoms with E-state index in [0.717, 1.165) is 24.2 Å². The summed E-state index contributed by atoms with van der Waals surface area (Å²) in [6, 6.07) is 16.2. The van der Waals surface area contributed by atoms with Gasteiger partial charge in [0.2, 0.25) is 5.95 Å². The van der Waals surface area contributed by atoms with Crippen molar-refractivity contribution in [3.8, 4) is 0 Å². The van der Waals surface area contributed by atoms with E-state index in [1.54, 1.807) is 7.05 Å². The van der Waals surface area contributed by atoms with Crippen LogP contribution in [0.5, 0.6) is 0 Å². The largest absolute Gasteiger partial charge is 0.332 e. The topological polar surface area (TPSA) is 65.1 Å². The van der Waals surface area contributed by atoms with E-state index in [1.165, 1.54) is 20.3 Å². The van der Waals surface area contributed by atoms with Gasteiger partial charge in [0.25, 0.3) is 5.56 Å². The number of fused-ring (bicyclic) bond motifs is 3. The second-order valence-electron chi connectivity index (χ2n) is 8.58. The maximum absolute atomic E-state index is 13.5. The van der Waals surface area contributed by atoms with Gasteiger partial charge in [0.05, 0.1) is 0 Å². The summed E-state index contributed by atoms with van der Waals surface area (Å²) < 4.78 is 4.73. The van der Waals surface area contributed by atoms with Gasteiger partial charge in [0.1, 0.15) is 0 Å². The molecule has 168 valence electrons. The molecule has 0 bridgehead atoms. The van der Waals surface area contributed by atoms with Gasteiger partial charge in [-0.25, -0.2) is 4.79 Å². The highest BCUT2D eigenvalue weighted by atomic mass is 16.2. The highest BCUT2D eigenvalue weighted by molar-refractivity contribution is 5.77. The first-order valence-electron chi connectivity index (χ1n) is 11.2. The number of benzene rings is 2. The lowest BCUT2D eigenvalue weighted by Gasteiger charge is -2.29. The van der Waals surface area contributed by atoms with Crippen LogP contribution in [0.4, 0.5) is 11.6 Å². The number of allylic oxidation sites excluding steroid dienone is 1. The maximum atomic E-state index is 13.5. The fraction of sp³-hybridized carbons (Fsp3) is 0.269. The Labute approximate surface area is 191 Å². The summed E-state index contributed by atoms with van der Waals surface area (Å²) in [5.74, 6) is 0.712. The molecule has 0 aliphatic carbocycles. The number of aryl methyl sites for hydroxylation is 4. The number of aromatic nitrogens is 4. The molecule has 0 saturated carbocycles. The van der Waals surface area contributed by atoms with Crippen LogP contribution in [0, 0.1) is 13.8 Å². The molecule has 0 atom stereocenters. The van der Waals surface area contributed by atoms with Crippen LogP contribution in [-0.4, -0.2) is 25.2 Å². The molecule has 0 N–H and O–H groups in total. The van der Waals surface area contributed by atoms with Gasteiger partial charge >= 0.3 is 5.69 Å². The molecule has 0 saturated heterocycles. The lowest BCUT2D eigenvalue weighted by Crippen LogP contribution is -2.39. The van der Waals surface area contributed by atoms with E-state index in [1.807, 2.05) is 47.1 Å². The van der Waals surface area contributed by atoms with E-state index in [0.29, 0.717) is 23.7 Å². The third-order valence-corrected chi connectivity index (χ3v) is 6.42. The average Bonchev–Trinajstić information content (AvgIpc) is 3.22. The SMILES string of the molecule is Cc1ccc(N2CCCn3c2nc2c3c(=O)n(C/C=C\c3ccccc3)c(=O)n2C)cc1C. The summed E-state index contributed by atoms with van der Waals surface area (Å²) in [6.07, 6.45) is 4.66. The monoisotopic (exact) mass is 441 g/mol. The second-order valence-corrected chi connectivity index (χ2v) is 8.58. The molecule has 2 aromatic carbocycles. The van der Waals surface area contributed by atoms with Crippen molar-refractivity contribution in [1.29, 1.82) is 0 Å². The zero-order chi connectivity index (χ0) is 23.1. The van der Waals surface area contributed by atoms with Crippen LogP contribution in [0.15, 0.2) is 64.2 Å². The third kappa shape index (κ3) is 3.59. The summed E-state index contributed by atoms with van der Waals surface area (Å²) in [4.78, 5) is 33.4. The van der Waals surface area contributed by atoms with Gasteiger partial charge in [-0.15, -0.1) is 0 Å². The Kier molecular flexibility index (Phi) is 5.24. The number of nitrogens with zero attached hydrogens (tertiary/aromatic N) is 5. The molecule has 5 rings (SSSR count). The molecule has 0 spiro atoms. The van der Waals surface area contributed by atoms with E-state index in [9.17, 15) is 9.59 Å². The van der Waals surface area contributed by atoms with Gasteiger partial charge < -0.3 is 9.47 Å². The standard InChI is InChI=1S/C26H27N5O2/c1-18-12-13-21(17-19(18)2)29-15-8-16-30-22-23(27-25(29)30)28(3)26(33)31(24(22)32)14-7-11-20-9-5-4-6-10-20/h4-7,9-13,17H,8,14-16H2,1-3H3/b11-7-. The van der Waals surface area contributed by atoms with Gasteiger partial charge in [0, 0.05) is 32.4 Å². The molecule has 2 aromatic heterocycles. The molecular formula is C26H27N5O2. The molecular weight excluding hydrogens is 414 g/mol. The van der Waals surface area contributed by atoms with Gasteiger partial charge in [-0.1, -0.05) is 48.6 Å². The fourth-order valence-corrected chi connectivity index (χ4v) is 4.42. The van der Waals surface area contributed by atoms with Gasteiger partial charge in [-0.2, -0.15) is 4.98 Å². The summed E-state index contributed by atoms with van der Waals surface area (Å²) in [5.41, 5.74) is 4.76. The fourth-order valence-electron chi connectivity index (χ4n) is 4.42. The molecule has 0 unspecified atom stereocenters. The molecule has 7 nitrogen and oxygen atoms in total. The maximum Gasteiger partial charge on any atom is 0.332 e. The van der Waals surface area contributed by atoms with Crippen molar-refractivity contribution >= 4 is 28.9 Å². The number of hydrogen-bond donors (Lipinski definition) is 0. The molecule has 4 aromatic rings. The molecule has 7 heteroatoms. The smallest absolute Gasteiger partial charge is 0.312 e. The van der Waals surface area contributed by atoms with Crippen molar-refractivity contribution < 1.29 is 0 Å². The van der Waals surface area contributed by atoms with Crippen LogP contribution in [0.25, 0.3) is 17.2 Å². The van der Waals surface area contributed by atoms with Crippen molar-refractivity contribution in [2.45, 2.75) is 33.4 Å². The molecule has 33 heavy (non-hydrogen) atoms. The van der Waals surface area contributed by atoms with Crippen molar-refractivity contribution in [2.24, 2.45) is 7.05 Å². The Morgan fingerprint density at radius 1 is 1.00 bits per heavy atom. The lowest BCUT2D eigenvalue weighted by atomic mass is 10.1. The van der Waals surface area contributed by atoms with E-state index >= 15 is 0 Å². The average molecular weight is 442 g/mol. The minimum absolute atomic E-state index is 0.206. The zero-order valence-corrected chi connectivity index (χ0v) is 19.2. The Bertz CT molecular complexity index is 1490. The minimum atomic E-state index is -0.363. The first-order chi connectivity index (χ1) is 16.0. The summed E-state index contributed by atoms with van der Waals surface area (Å²) in [6.45, 7) is 5.90. The van der Waals surface area contributed by atoms with Crippen LogP contribution < -0.4 is 16.1 Å². The quantitative estimate of drug-likeness (QED) is 0.484.